The van der Waals surface area contributed by atoms with Crippen molar-refractivity contribution in [2.24, 2.45) is 0 Å². The van der Waals surface area contributed by atoms with Crippen molar-refractivity contribution in [3.8, 4) is 0 Å². The first-order valence-electron chi connectivity index (χ1n) is 4.72. The van der Waals surface area contributed by atoms with Crippen molar-refractivity contribution < 1.29 is 4.79 Å². The van der Waals surface area contributed by atoms with Crippen molar-refractivity contribution in [2.75, 3.05) is 0 Å². The minimum atomic E-state index is 0.830. The summed E-state index contributed by atoms with van der Waals surface area (Å²) in [5.41, 5.74) is 3.27. The maximum Gasteiger partial charge on any atom is 0.150 e. The fraction of sp³-hybridized carbons (Fsp3) is 0.250. The van der Waals surface area contributed by atoms with E-state index in [-0.39, 0.29) is 0 Å². The van der Waals surface area contributed by atoms with Crippen molar-refractivity contribution >= 4 is 27.7 Å². The number of hydrogen-bond donors (Lipinski definition) is 0. The zero-order valence-corrected chi connectivity index (χ0v) is 9.15. The number of thiophene rings is 1. The third-order valence-electron chi connectivity index (χ3n) is 2.67. The standard InChI is InChI=1S/C12H12OS/c1-3-10-8(2)9(7-13)6-12-11(10)4-5-14-12/h4-7H,3H2,1-2H3. The number of carbonyl (C=O) groups excluding carboxylic acids is 1. The maximum atomic E-state index is 10.9. The molecule has 0 aliphatic carbocycles. The van der Waals surface area contributed by atoms with Crippen molar-refractivity contribution in [3.05, 3.63) is 34.2 Å². The van der Waals surface area contributed by atoms with E-state index in [4.69, 9.17) is 0 Å². The molecular formula is C12H12OS. The second kappa shape index (κ2) is 3.54. The van der Waals surface area contributed by atoms with Gasteiger partial charge >= 0.3 is 0 Å². The summed E-state index contributed by atoms with van der Waals surface area (Å²) in [6.07, 6.45) is 1.94. The van der Waals surface area contributed by atoms with Crippen LogP contribution in [0.3, 0.4) is 0 Å². The van der Waals surface area contributed by atoms with Gasteiger partial charge in [-0.3, -0.25) is 4.79 Å². The molecule has 0 fully saturated rings. The summed E-state index contributed by atoms with van der Waals surface area (Å²) in [5, 5.41) is 3.39. The number of carbonyl (C=O) groups is 1. The Balaban J connectivity index is 2.87. The number of rotatable bonds is 2. The van der Waals surface area contributed by atoms with Gasteiger partial charge in [0.05, 0.1) is 0 Å². The summed E-state index contributed by atoms with van der Waals surface area (Å²) in [7, 11) is 0. The Morgan fingerprint density at radius 3 is 2.93 bits per heavy atom. The highest BCUT2D eigenvalue weighted by Gasteiger charge is 2.08. The van der Waals surface area contributed by atoms with E-state index in [2.05, 4.69) is 18.4 Å². The molecule has 0 radical (unpaired) electrons. The third-order valence-corrected chi connectivity index (χ3v) is 3.54. The van der Waals surface area contributed by atoms with Gasteiger partial charge in [-0.2, -0.15) is 0 Å². The zero-order valence-electron chi connectivity index (χ0n) is 8.33. The maximum absolute atomic E-state index is 10.9. The molecule has 0 aliphatic rings. The van der Waals surface area contributed by atoms with Crippen LogP contribution in [0, 0.1) is 6.92 Å². The molecule has 0 amide bonds. The number of benzene rings is 1. The Hall–Kier alpha value is -1.15. The van der Waals surface area contributed by atoms with E-state index in [1.165, 1.54) is 15.6 Å². The predicted octanol–water partition coefficient (Wildman–Crippen LogP) is 3.58. The number of aldehydes is 1. The Labute approximate surface area is 87.4 Å². The molecule has 72 valence electrons. The minimum Gasteiger partial charge on any atom is -0.298 e. The molecule has 0 saturated heterocycles. The minimum absolute atomic E-state index is 0.830. The average molecular weight is 204 g/mol. The molecule has 0 unspecified atom stereocenters. The van der Waals surface area contributed by atoms with Gasteiger partial charge in [-0.25, -0.2) is 0 Å². The summed E-state index contributed by atoms with van der Waals surface area (Å²) in [5.74, 6) is 0. The second-order valence-corrected chi connectivity index (χ2v) is 4.32. The fourth-order valence-electron chi connectivity index (χ4n) is 1.89. The summed E-state index contributed by atoms with van der Waals surface area (Å²) in [6, 6.07) is 4.13. The molecule has 0 spiro atoms. The number of hydrogen-bond acceptors (Lipinski definition) is 2. The molecule has 2 rings (SSSR count). The van der Waals surface area contributed by atoms with Crippen LogP contribution < -0.4 is 0 Å². The topological polar surface area (TPSA) is 17.1 Å². The van der Waals surface area contributed by atoms with Gasteiger partial charge in [0.1, 0.15) is 6.29 Å². The monoisotopic (exact) mass is 204 g/mol. The van der Waals surface area contributed by atoms with Gasteiger partial charge < -0.3 is 0 Å². The van der Waals surface area contributed by atoms with E-state index >= 15 is 0 Å². The Bertz CT molecular complexity index is 482. The molecule has 2 aromatic rings. The first-order valence-corrected chi connectivity index (χ1v) is 5.60. The van der Waals surface area contributed by atoms with Crippen LogP contribution in [0.5, 0.6) is 0 Å². The Morgan fingerprint density at radius 1 is 1.50 bits per heavy atom. The third kappa shape index (κ3) is 1.26. The molecule has 1 aromatic heterocycles. The average Bonchev–Trinajstić information content (AvgIpc) is 2.64. The zero-order chi connectivity index (χ0) is 10.1. The number of aryl methyl sites for hydroxylation is 1. The normalized spacial score (nSPS) is 10.7. The van der Waals surface area contributed by atoms with Gasteiger partial charge in [-0.15, -0.1) is 11.3 Å². The lowest BCUT2D eigenvalue weighted by molar-refractivity contribution is 0.112. The Morgan fingerprint density at radius 2 is 2.29 bits per heavy atom. The van der Waals surface area contributed by atoms with Crippen LogP contribution in [0.1, 0.15) is 28.4 Å². The van der Waals surface area contributed by atoms with Crippen molar-refractivity contribution in [1.82, 2.24) is 0 Å². The molecule has 0 bridgehead atoms. The molecule has 0 N–H and O–H groups in total. The van der Waals surface area contributed by atoms with Crippen LogP contribution in [0.4, 0.5) is 0 Å². The molecule has 1 heterocycles. The molecule has 0 atom stereocenters. The number of fused-ring (bicyclic) bond motifs is 1. The summed E-state index contributed by atoms with van der Waals surface area (Å²) in [6.45, 7) is 4.16. The van der Waals surface area contributed by atoms with Crippen LogP contribution in [-0.2, 0) is 6.42 Å². The highest BCUT2D eigenvalue weighted by molar-refractivity contribution is 7.17. The van der Waals surface area contributed by atoms with Gasteiger partial charge in [-0.1, -0.05) is 6.92 Å². The van der Waals surface area contributed by atoms with E-state index in [1.54, 1.807) is 11.3 Å². The smallest absolute Gasteiger partial charge is 0.150 e. The van der Waals surface area contributed by atoms with Crippen LogP contribution in [-0.4, -0.2) is 6.29 Å². The van der Waals surface area contributed by atoms with Crippen molar-refractivity contribution in [3.63, 3.8) is 0 Å². The van der Waals surface area contributed by atoms with E-state index in [0.29, 0.717) is 0 Å². The summed E-state index contributed by atoms with van der Waals surface area (Å²) in [4.78, 5) is 10.9. The lowest BCUT2D eigenvalue weighted by atomic mass is 9.98. The van der Waals surface area contributed by atoms with Gasteiger partial charge in [0.25, 0.3) is 0 Å². The molecule has 1 aromatic carbocycles. The van der Waals surface area contributed by atoms with Crippen molar-refractivity contribution in [2.45, 2.75) is 20.3 Å². The quantitative estimate of drug-likeness (QED) is 0.683. The molecule has 2 heteroatoms. The second-order valence-electron chi connectivity index (χ2n) is 3.37. The highest BCUT2D eigenvalue weighted by atomic mass is 32.1. The molecular weight excluding hydrogens is 192 g/mol. The van der Waals surface area contributed by atoms with E-state index in [1.807, 2.05) is 13.0 Å². The molecule has 14 heavy (non-hydrogen) atoms. The largest absolute Gasteiger partial charge is 0.298 e. The van der Waals surface area contributed by atoms with Crippen LogP contribution in [0.2, 0.25) is 0 Å². The fourth-order valence-corrected chi connectivity index (χ4v) is 2.75. The molecule has 1 nitrogen and oxygen atoms in total. The summed E-state index contributed by atoms with van der Waals surface area (Å²) >= 11 is 1.70. The lowest BCUT2D eigenvalue weighted by Crippen LogP contribution is -1.93. The summed E-state index contributed by atoms with van der Waals surface area (Å²) < 4.78 is 1.22. The molecule has 0 saturated carbocycles. The van der Waals surface area contributed by atoms with E-state index < -0.39 is 0 Å². The van der Waals surface area contributed by atoms with Crippen molar-refractivity contribution in [1.29, 1.82) is 0 Å². The first kappa shape index (κ1) is 9.41. The lowest BCUT2D eigenvalue weighted by Gasteiger charge is -2.07. The first-order chi connectivity index (χ1) is 6.77. The predicted molar refractivity (Wildman–Crippen MR) is 61.3 cm³/mol. The highest BCUT2D eigenvalue weighted by Crippen LogP contribution is 2.29. The van der Waals surface area contributed by atoms with Crippen LogP contribution >= 0.6 is 11.3 Å². The van der Waals surface area contributed by atoms with Gasteiger partial charge in [0.2, 0.25) is 0 Å². The van der Waals surface area contributed by atoms with E-state index in [9.17, 15) is 4.79 Å². The van der Waals surface area contributed by atoms with E-state index in [0.717, 1.165) is 23.8 Å². The Kier molecular flexibility index (Phi) is 2.38. The van der Waals surface area contributed by atoms with Crippen LogP contribution in [0.15, 0.2) is 17.5 Å². The molecule has 0 aliphatic heterocycles. The SMILES string of the molecule is CCc1c(C)c(C=O)cc2sccc12. The van der Waals surface area contributed by atoms with Gasteiger partial charge in [0, 0.05) is 10.3 Å². The van der Waals surface area contributed by atoms with Gasteiger partial charge in [0.15, 0.2) is 0 Å². The van der Waals surface area contributed by atoms with Gasteiger partial charge in [-0.05, 0) is 47.4 Å². The van der Waals surface area contributed by atoms with Crippen LogP contribution in [0.25, 0.3) is 10.1 Å².